The Labute approximate surface area is 99.5 Å². The van der Waals surface area contributed by atoms with Gasteiger partial charge in [0.1, 0.15) is 0 Å². The van der Waals surface area contributed by atoms with Crippen molar-refractivity contribution in [1.82, 2.24) is 9.78 Å². The van der Waals surface area contributed by atoms with Crippen LogP contribution < -0.4 is 10.6 Å². The third-order valence-electron chi connectivity index (χ3n) is 2.52. The van der Waals surface area contributed by atoms with Crippen molar-refractivity contribution in [2.75, 3.05) is 17.7 Å². The van der Waals surface area contributed by atoms with Crippen LogP contribution in [0.4, 0.5) is 11.4 Å². The second-order valence-corrected chi connectivity index (χ2v) is 3.83. The number of anilines is 2. The Kier molecular flexibility index (Phi) is 2.82. The first-order valence-corrected chi connectivity index (χ1v) is 5.21. The van der Waals surface area contributed by atoms with Crippen molar-refractivity contribution < 1.29 is 4.79 Å². The zero-order valence-electron chi connectivity index (χ0n) is 9.79. The van der Waals surface area contributed by atoms with Gasteiger partial charge in [-0.3, -0.25) is 9.48 Å². The van der Waals surface area contributed by atoms with Gasteiger partial charge in [0, 0.05) is 31.7 Å². The van der Waals surface area contributed by atoms with Crippen LogP contribution in [-0.2, 0) is 7.05 Å². The van der Waals surface area contributed by atoms with E-state index < -0.39 is 0 Å². The van der Waals surface area contributed by atoms with Crippen LogP contribution in [0.5, 0.6) is 0 Å². The molecule has 1 amide bonds. The van der Waals surface area contributed by atoms with Gasteiger partial charge in [0.05, 0.1) is 0 Å². The van der Waals surface area contributed by atoms with Gasteiger partial charge in [0.25, 0.3) is 5.91 Å². The number of aromatic nitrogens is 2. The zero-order chi connectivity index (χ0) is 12.4. The normalized spacial score (nSPS) is 10.2. The van der Waals surface area contributed by atoms with Gasteiger partial charge in [-0.2, -0.15) is 5.10 Å². The van der Waals surface area contributed by atoms with E-state index in [-0.39, 0.29) is 5.91 Å². The number of carbonyl (C=O) groups is 1. The zero-order valence-corrected chi connectivity index (χ0v) is 9.79. The number of hydrogen-bond donors (Lipinski definition) is 1. The number of hydrogen-bond acceptors (Lipinski definition) is 3. The Bertz CT molecular complexity index is 530. The molecule has 0 spiro atoms. The molecule has 0 aliphatic carbocycles. The number of aryl methyl sites for hydroxylation is 1. The van der Waals surface area contributed by atoms with E-state index in [9.17, 15) is 4.79 Å². The average Bonchev–Trinajstić information content (AvgIpc) is 2.75. The fourth-order valence-corrected chi connectivity index (χ4v) is 1.52. The Morgan fingerprint density at radius 2 is 1.94 bits per heavy atom. The Morgan fingerprint density at radius 1 is 1.29 bits per heavy atom. The first-order valence-electron chi connectivity index (χ1n) is 5.21. The lowest BCUT2D eigenvalue weighted by molar-refractivity contribution is 0.0987. The summed E-state index contributed by atoms with van der Waals surface area (Å²) in [6.45, 7) is 0. The molecular weight excluding hydrogens is 216 g/mol. The highest BCUT2D eigenvalue weighted by Gasteiger charge is 2.15. The summed E-state index contributed by atoms with van der Waals surface area (Å²) in [7, 11) is 3.49. The van der Waals surface area contributed by atoms with Gasteiger partial charge in [-0.1, -0.05) is 0 Å². The highest BCUT2D eigenvalue weighted by Crippen LogP contribution is 2.16. The molecule has 1 heterocycles. The van der Waals surface area contributed by atoms with E-state index >= 15 is 0 Å². The summed E-state index contributed by atoms with van der Waals surface area (Å²) < 4.78 is 1.60. The van der Waals surface area contributed by atoms with Crippen LogP contribution in [-0.4, -0.2) is 22.7 Å². The lowest BCUT2D eigenvalue weighted by atomic mass is 10.2. The summed E-state index contributed by atoms with van der Waals surface area (Å²) in [5, 5.41) is 4.08. The predicted molar refractivity (Wildman–Crippen MR) is 66.8 cm³/mol. The van der Waals surface area contributed by atoms with Crippen molar-refractivity contribution in [2.45, 2.75) is 0 Å². The third-order valence-corrected chi connectivity index (χ3v) is 2.52. The molecule has 5 heteroatoms. The van der Waals surface area contributed by atoms with Crippen LogP contribution >= 0.6 is 0 Å². The van der Waals surface area contributed by atoms with Crippen molar-refractivity contribution in [3.8, 4) is 0 Å². The fourth-order valence-electron chi connectivity index (χ4n) is 1.52. The molecule has 17 heavy (non-hydrogen) atoms. The fraction of sp³-hybridized carbons (Fsp3) is 0.167. The maximum absolute atomic E-state index is 12.1. The van der Waals surface area contributed by atoms with E-state index in [1.165, 1.54) is 0 Å². The second kappa shape index (κ2) is 4.29. The lowest BCUT2D eigenvalue weighted by Crippen LogP contribution is -2.26. The van der Waals surface area contributed by atoms with Crippen LogP contribution in [0.2, 0.25) is 0 Å². The van der Waals surface area contributed by atoms with Crippen LogP contribution in [0, 0.1) is 0 Å². The van der Waals surface area contributed by atoms with Crippen molar-refractivity contribution in [3.05, 3.63) is 42.2 Å². The molecule has 5 nitrogen and oxygen atoms in total. The molecule has 0 aliphatic heterocycles. The van der Waals surface area contributed by atoms with E-state index in [2.05, 4.69) is 5.10 Å². The van der Waals surface area contributed by atoms with Crippen LogP contribution in [0.15, 0.2) is 36.5 Å². The molecule has 2 N–H and O–H groups in total. The van der Waals surface area contributed by atoms with Crippen molar-refractivity contribution in [1.29, 1.82) is 0 Å². The molecule has 0 fully saturated rings. The van der Waals surface area contributed by atoms with Crippen LogP contribution in [0.1, 0.15) is 10.5 Å². The van der Waals surface area contributed by atoms with Crippen molar-refractivity contribution in [2.24, 2.45) is 7.05 Å². The average molecular weight is 230 g/mol. The molecule has 0 atom stereocenters. The minimum Gasteiger partial charge on any atom is -0.399 e. The minimum atomic E-state index is -0.143. The number of nitrogens with two attached hydrogens (primary N) is 1. The number of amides is 1. The maximum Gasteiger partial charge on any atom is 0.278 e. The van der Waals surface area contributed by atoms with Gasteiger partial charge in [-0.05, 0) is 30.3 Å². The first-order chi connectivity index (χ1) is 8.08. The van der Waals surface area contributed by atoms with Gasteiger partial charge in [-0.15, -0.1) is 0 Å². The summed E-state index contributed by atoms with van der Waals surface area (Å²) in [6.07, 6.45) is 1.74. The summed E-state index contributed by atoms with van der Waals surface area (Å²) >= 11 is 0. The van der Waals surface area contributed by atoms with Crippen LogP contribution in [0.25, 0.3) is 0 Å². The first kappa shape index (κ1) is 11.2. The quantitative estimate of drug-likeness (QED) is 0.790. The van der Waals surface area contributed by atoms with E-state index in [0.717, 1.165) is 5.69 Å². The molecule has 2 rings (SSSR count). The second-order valence-electron chi connectivity index (χ2n) is 3.83. The number of nitrogens with zero attached hydrogens (tertiary/aromatic N) is 3. The lowest BCUT2D eigenvalue weighted by Gasteiger charge is -2.15. The Morgan fingerprint density at radius 3 is 2.47 bits per heavy atom. The smallest absolute Gasteiger partial charge is 0.278 e. The van der Waals surface area contributed by atoms with E-state index in [4.69, 9.17) is 5.73 Å². The van der Waals surface area contributed by atoms with E-state index in [0.29, 0.717) is 11.4 Å². The molecule has 2 aromatic rings. The third kappa shape index (κ3) is 2.28. The molecule has 1 aromatic heterocycles. The summed E-state index contributed by atoms with van der Waals surface area (Å²) in [5.41, 5.74) is 7.48. The topological polar surface area (TPSA) is 64.2 Å². The molecule has 0 radical (unpaired) electrons. The molecule has 1 aromatic carbocycles. The molecule has 0 bridgehead atoms. The largest absolute Gasteiger partial charge is 0.399 e. The number of nitrogen functional groups attached to an aromatic ring is 1. The van der Waals surface area contributed by atoms with Gasteiger partial charge < -0.3 is 10.6 Å². The van der Waals surface area contributed by atoms with E-state index in [1.54, 1.807) is 60.2 Å². The number of carbonyl (C=O) groups excluding carboxylic acids is 1. The monoisotopic (exact) mass is 230 g/mol. The van der Waals surface area contributed by atoms with Gasteiger partial charge in [-0.25, -0.2) is 0 Å². The number of benzene rings is 1. The highest BCUT2D eigenvalue weighted by molar-refractivity contribution is 6.04. The molecule has 0 saturated carbocycles. The highest BCUT2D eigenvalue weighted by atomic mass is 16.2. The Balaban J connectivity index is 2.23. The summed E-state index contributed by atoms with van der Waals surface area (Å²) in [6, 6.07) is 8.82. The number of rotatable bonds is 2. The standard InChI is InChI=1S/C12H14N4O/c1-15-8-7-11(14-15)12(17)16(2)10-5-3-9(13)4-6-10/h3-8H,13H2,1-2H3. The minimum absolute atomic E-state index is 0.143. The van der Waals surface area contributed by atoms with Gasteiger partial charge >= 0.3 is 0 Å². The van der Waals surface area contributed by atoms with Crippen molar-refractivity contribution in [3.63, 3.8) is 0 Å². The maximum atomic E-state index is 12.1. The molecule has 88 valence electrons. The molecule has 0 aliphatic rings. The molecule has 0 saturated heterocycles. The summed E-state index contributed by atoms with van der Waals surface area (Å²) in [4.78, 5) is 13.6. The van der Waals surface area contributed by atoms with E-state index in [1.807, 2.05) is 0 Å². The SMILES string of the molecule is CN(C(=O)c1ccn(C)n1)c1ccc(N)cc1. The van der Waals surface area contributed by atoms with Gasteiger partial charge in [0.2, 0.25) is 0 Å². The van der Waals surface area contributed by atoms with Crippen molar-refractivity contribution >= 4 is 17.3 Å². The molecule has 0 unspecified atom stereocenters. The molecular formula is C12H14N4O. The summed E-state index contributed by atoms with van der Waals surface area (Å²) in [5.74, 6) is -0.143. The predicted octanol–water partition coefficient (Wildman–Crippen LogP) is 1.28. The Hall–Kier alpha value is -2.30. The van der Waals surface area contributed by atoms with Gasteiger partial charge in [0.15, 0.2) is 5.69 Å². The van der Waals surface area contributed by atoms with Crippen LogP contribution in [0.3, 0.4) is 0 Å².